The van der Waals surface area contributed by atoms with Gasteiger partial charge in [0.15, 0.2) is 5.78 Å². The molecule has 0 aromatic heterocycles. The molecule has 15 nitrogen and oxygen atoms in total. The molecule has 0 saturated carbocycles. The number of carbonyl (C=O) groups is 5. The molecule has 4 amide bonds. The van der Waals surface area contributed by atoms with Gasteiger partial charge in [0.25, 0.3) is 11.8 Å². The topological polar surface area (TPSA) is 177 Å². The van der Waals surface area contributed by atoms with Gasteiger partial charge in [-0.15, -0.1) is 0 Å². The van der Waals surface area contributed by atoms with E-state index >= 15 is 0 Å². The van der Waals surface area contributed by atoms with E-state index in [1.165, 1.54) is 29.2 Å². The molecule has 242 valence electrons. The highest BCUT2D eigenvalue weighted by atomic mass is 16.7. The minimum atomic E-state index is -0.561. The van der Waals surface area contributed by atoms with Crippen molar-refractivity contribution in [2.45, 2.75) is 58.0 Å². The van der Waals surface area contributed by atoms with Gasteiger partial charge in [0, 0.05) is 57.2 Å². The van der Waals surface area contributed by atoms with Crippen LogP contribution in [0.25, 0.3) is 0 Å². The molecule has 0 spiro atoms. The third-order valence-electron chi connectivity index (χ3n) is 6.41. The maximum atomic E-state index is 12.7. The van der Waals surface area contributed by atoms with Crippen LogP contribution < -0.4 is 21.8 Å². The summed E-state index contributed by atoms with van der Waals surface area (Å²) in [5.41, 5.74) is 8.81. The zero-order chi connectivity index (χ0) is 31.3. The summed E-state index contributed by atoms with van der Waals surface area (Å²) in [5, 5.41) is 2.76. The molecule has 0 aromatic rings. The fraction of sp³-hybridized carbons (Fsp3) is 0.679. The van der Waals surface area contributed by atoms with Gasteiger partial charge in [-0.3, -0.25) is 33.7 Å². The molecule has 0 radical (unpaired) electrons. The fourth-order valence-corrected chi connectivity index (χ4v) is 4.17. The van der Waals surface area contributed by atoms with Gasteiger partial charge in [-0.1, -0.05) is 6.42 Å². The molecule has 15 heteroatoms. The second-order valence-corrected chi connectivity index (χ2v) is 9.86. The van der Waals surface area contributed by atoms with E-state index in [0.717, 1.165) is 30.7 Å². The number of hydrogen-bond donors (Lipinski definition) is 4. The lowest BCUT2D eigenvalue weighted by molar-refractivity contribution is -0.137. The average Bonchev–Trinajstić information content (AvgIpc) is 3.22. The summed E-state index contributed by atoms with van der Waals surface area (Å²) in [4.78, 5) is 79.0. The molecule has 0 aliphatic carbocycles. The van der Waals surface area contributed by atoms with Crippen LogP contribution in [0.15, 0.2) is 24.3 Å². The van der Waals surface area contributed by atoms with Gasteiger partial charge in [0.1, 0.15) is 0 Å². The minimum Gasteiger partial charge on any atom is -0.378 e. The van der Waals surface area contributed by atoms with Crippen molar-refractivity contribution in [3.05, 3.63) is 24.3 Å². The number of rotatable bonds is 24. The zero-order valence-corrected chi connectivity index (χ0v) is 25.1. The number of hydrogen-bond acceptors (Lipinski definition) is 12. The molecule has 2 atom stereocenters. The summed E-state index contributed by atoms with van der Waals surface area (Å²) in [7, 11) is 0. The number of hydroxylamine groups is 3. The smallest absolute Gasteiger partial charge is 0.253 e. The van der Waals surface area contributed by atoms with Crippen LogP contribution in [-0.4, -0.2) is 117 Å². The van der Waals surface area contributed by atoms with Gasteiger partial charge in [-0.25, -0.2) is 5.48 Å². The van der Waals surface area contributed by atoms with Gasteiger partial charge in [0.05, 0.1) is 51.7 Å². The van der Waals surface area contributed by atoms with Gasteiger partial charge < -0.3 is 24.6 Å². The molecule has 2 heterocycles. The van der Waals surface area contributed by atoms with Crippen LogP contribution in [0.1, 0.15) is 46.0 Å². The molecule has 2 aliphatic heterocycles. The highest BCUT2D eigenvalue weighted by molar-refractivity contribution is 6.12. The van der Waals surface area contributed by atoms with Crippen LogP contribution in [0.3, 0.4) is 0 Å². The highest BCUT2D eigenvalue weighted by Gasteiger charge is 2.24. The molecule has 4 N–H and O–H groups in total. The van der Waals surface area contributed by atoms with Crippen LogP contribution in [0.2, 0.25) is 0 Å². The van der Waals surface area contributed by atoms with Crippen molar-refractivity contribution in [2.24, 2.45) is 0 Å². The van der Waals surface area contributed by atoms with Crippen LogP contribution in [0.5, 0.6) is 0 Å². The first-order valence-corrected chi connectivity index (χ1v) is 14.8. The Morgan fingerprint density at radius 2 is 1.58 bits per heavy atom. The first kappa shape index (κ1) is 36.1. The molecule has 2 aliphatic rings. The number of unbranched alkanes of at least 4 members (excludes halogenated alkanes) is 1. The van der Waals surface area contributed by atoms with Crippen molar-refractivity contribution < 1.29 is 43.2 Å². The van der Waals surface area contributed by atoms with Crippen molar-refractivity contribution >= 4 is 29.4 Å². The van der Waals surface area contributed by atoms with Crippen LogP contribution in [0.4, 0.5) is 0 Å². The van der Waals surface area contributed by atoms with Crippen LogP contribution >= 0.6 is 0 Å². The molecular formula is C28H46N6O9. The van der Waals surface area contributed by atoms with E-state index in [-0.39, 0.29) is 94.3 Å². The Hall–Kier alpha value is -3.05. The second kappa shape index (κ2) is 21.6. The summed E-state index contributed by atoms with van der Waals surface area (Å²) in [6.07, 6.45) is 7.70. The number of carbonyl (C=O) groups excluding carboxylic acids is 5. The summed E-state index contributed by atoms with van der Waals surface area (Å²) in [5.74, 6) is -1.49. The number of ether oxygens (including phenoxy) is 1. The standard InChI is InChI=1S/C28H46N6O9/c1-3-41-30-13-6-5-7-22(31-42-4-2)21-43-32-23(20-33-15-12-24(35)8-9-26(33)37)19-25(36)29-14-17-40-18-16-34-27(38)10-11-28(34)39/h8-11,22-23,30-32H,3-7,12-21H2,1-2H3,(H,29,36). The van der Waals surface area contributed by atoms with E-state index in [9.17, 15) is 24.0 Å². The Kier molecular flexibility index (Phi) is 18.2. The van der Waals surface area contributed by atoms with Crippen LogP contribution in [0, 0.1) is 0 Å². The summed E-state index contributed by atoms with van der Waals surface area (Å²) in [6, 6.07) is -0.678. The average molecular weight is 611 g/mol. The van der Waals surface area contributed by atoms with Gasteiger partial charge in [-0.2, -0.15) is 11.0 Å². The van der Waals surface area contributed by atoms with Crippen molar-refractivity contribution in [3.8, 4) is 0 Å². The summed E-state index contributed by atoms with van der Waals surface area (Å²) in [6.45, 7) is 6.91. The Balaban J connectivity index is 1.81. The first-order valence-electron chi connectivity index (χ1n) is 14.8. The summed E-state index contributed by atoms with van der Waals surface area (Å²) >= 11 is 0. The molecule has 2 rings (SSSR count). The molecular weight excluding hydrogens is 564 g/mol. The molecule has 0 saturated heterocycles. The Morgan fingerprint density at radius 1 is 0.860 bits per heavy atom. The van der Waals surface area contributed by atoms with Crippen molar-refractivity contribution in [1.82, 2.24) is 31.6 Å². The third kappa shape index (κ3) is 15.3. The predicted octanol–water partition coefficient (Wildman–Crippen LogP) is -0.697. The minimum absolute atomic E-state index is 0.00343. The van der Waals surface area contributed by atoms with Gasteiger partial charge in [-0.05, 0) is 32.8 Å². The van der Waals surface area contributed by atoms with Crippen molar-refractivity contribution in [1.29, 1.82) is 0 Å². The number of allylic oxidation sites excluding steroid dienone is 1. The molecule has 2 unspecified atom stereocenters. The van der Waals surface area contributed by atoms with E-state index in [2.05, 4.69) is 21.8 Å². The summed E-state index contributed by atoms with van der Waals surface area (Å²) < 4.78 is 5.44. The lowest BCUT2D eigenvalue weighted by Crippen LogP contribution is -2.47. The monoisotopic (exact) mass is 610 g/mol. The molecule has 0 bridgehead atoms. The second-order valence-electron chi connectivity index (χ2n) is 9.86. The largest absolute Gasteiger partial charge is 0.378 e. The maximum Gasteiger partial charge on any atom is 0.253 e. The Labute approximate surface area is 252 Å². The first-order chi connectivity index (χ1) is 20.8. The number of nitrogens with one attached hydrogen (secondary N) is 4. The Bertz CT molecular complexity index is 943. The lowest BCUT2D eigenvalue weighted by Gasteiger charge is -2.27. The SMILES string of the molecule is CCONCCCCC(CONC(CC(=O)NCCOCCN1C(=O)C=CC1=O)CN1CCC(=O)C=CC1=O)NOCC. The number of imide groups is 1. The third-order valence-corrected chi connectivity index (χ3v) is 6.41. The fourth-order valence-electron chi connectivity index (χ4n) is 4.17. The lowest BCUT2D eigenvalue weighted by atomic mass is 10.1. The van der Waals surface area contributed by atoms with E-state index in [0.29, 0.717) is 13.2 Å². The van der Waals surface area contributed by atoms with Gasteiger partial charge in [0.2, 0.25) is 11.8 Å². The number of ketones is 1. The highest BCUT2D eigenvalue weighted by Crippen LogP contribution is 2.07. The predicted molar refractivity (Wildman–Crippen MR) is 155 cm³/mol. The normalized spacial score (nSPS) is 16.7. The zero-order valence-electron chi connectivity index (χ0n) is 25.1. The quantitative estimate of drug-likeness (QED) is 0.0615. The molecule has 43 heavy (non-hydrogen) atoms. The van der Waals surface area contributed by atoms with Gasteiger partial charge >= 0.3 is 0 Å². The molecule has 0 aromatic carbocycles. The number of nitrogens with zero attached hydrogens (tertiary/aromatic N) is 2. The Morgan fingerprint density at radius 3 is 2.33 bits per heavy atom. The van der Waals surface area contributed by atoms with E-state index in [1.807, 2.05) is 13.8 Å². The van der Waals surface area contributed by atoms with Crippen molar-refractivity contribution in [2.75, 3.05) is 65.8 Å². The van der Waals surface area contributed by atoms with E-state index < -0.39 is 6.04 Å². The molecule has 0 fully saturated rings. The van der Waals surface area contributed by atoms with E-state index in [4.69, 9.17) is 19.2 Å². The van der Waals surface area contributed by atoms with Crippen molar-refractivity contribution in [3.63, 3.8) is 0 Å². The van der Waals surface area contributed by atoms with E-state index in [1.54, 1.807) is 0 Å². The maximum absolute atomic E-state index is 12.7. The van der Waals surface area contributed by atoms with Crippen LogP contribution in [-0.2, 0) is 43.2 Å². The number of amides is 4.